The molecule has 6 fully saturated rings. The fraction of sp³-hybridized carbons (Fsp3) is 0.833. The van der Waals surface area contributed by atoms with Crippen LogP contribution >= 0.6 is 13.7 Å². The molecule has 6 aliphatic carbocycles. The fourth-order valence-corrected chi connectivity index (χ4v) is 46.1. The van der Waals surface area contributed by atoms with E-state index in [0.29, 0.717) is 46.6 Å². The Balaban J connectivity index is 1.32. The predicted octanol–water partition coefficient (Wildman–Crippen LogP) is 41.4. The Morgan fingerprint density at radius 1 is 0.261 bits per heavy atom. The molecule has 0 aromatic heterocycles. The number of hydrogen-bond acceptors (Lipinski definition) is 5. The van der Waals surface area contributed by atoms with Crippen molar-refractivity contribution in [3.8, 4) is 5.75 Å². The second-order valence-electron chi connectivity index (χ2n) is 45.8. The Labute approximate surface area is 820 Å². The molecule has 0 spiro atoms. The van der Waals surface area contributed by atoms with Crippen LogP contribution in [-0.4, -0.2) is 65.2 Å². The summed E-state index contributed by atoms with van der Waals surface area (Å²) in [4.78, 5) is 34.9. The molecule has 5 nitrogen and oxygen atoms in total. The van der Waals surface area contributed by atoms with E-state index in [-0.39, 0.29) is 63.9 Å². The Bertz CT molecular complexity index is 3080. The van der Waals surface area contributed by atoms with E-state index in [1.165, 1.54) is 308 Å². The molecule has 0 amide bonds. The second-order valence-corrected chi connectivity index (χ2v) is 57.0. The summed E-state index contributed by atoms with van der Waals surface area (Å²) in [5.41, 5.74) is -2.26. The van der Waals surface area contributed by atoms with E-state index in [0.717, 1.165) is 205 Å². The molecule has 3 aromatic rings. The van der Waals surface area contributed by atoms with Crippen molar-refractivity contribution in [2.45, 2.75) is 589 Å². The van der Waals surface area contributed by atoms with Crippen molar-refractivity contribution in [3.05, 3.63) is 101 Å². The van der Waals surface area contributed by atoms with E-state index in [1.807, 2.05) is 60.7 Å². The first kappa shape index (κ1) is 115. The van der Waals surface area contributed by atoms with Gasteiger partial charge < -0.3 is 0 Å². The van der Waals surface area contributed by atoms with Crippen LogP contribution in [0.3, 0.4) is 0 Å². The first-order chi connectivity index (χ1) is 65.2. The van der Waals surface area contributed by atoms with E-state index < -0.39 is 50.2 Å². The van der Waals surface area contributed by atoms with Gasteiger partial charge >= 0.3 is 745 Å². The van der Waals surface area contributed by atoms with Crippen LogP contribution in [0, 0.1) is 35.5 Å². The molecule has 134 heavy (non-hydrogen) atoms. The predicted molar refractivity (Wildman–Crippen MR) is 568 cm³/mol. The van der Waals surface area contributed by atoms with Crippen molar-refractivity contribution in [2.75, 3.05) is 12.3 Å². The van der Waals surface area contributed by atoms with Crippen molar-refractivity contribution in [2.24, 2.45) is 35.5 Å². The van der Waals surface area contributed by atoms with Gasteiger partial charge in [0.05, 0.1) is 0 Å². The van der Waals surface area contributed by atoms with E-state index in [9.17, 15) is 8.88 Å². The fourth-order valence-electron chi connectivity index (χ4n) is 28.3. The molecule has 14 heteroatoms. The number of Topliss-reactive ketones (excluding diaryl/α,β-unsaturated/α-hetero) is 2. The van der Waals surface area contributed by atoms with E-state index in [2.05, 4.69) is 41.5 Å². The summed E-state index contributed by atoms with van der Waals surface area (Å²) < 4.78 is 125. The topological polar surface area (TPSA) is 61.8 Å². The van der Waals surface area contributed by atoms with Gasteiger partial charge in [0.2, 0.25) is 0 Å². The summed E-state index contributed by atoms with van der Waals surface area (Å²) in [5.74, 6) is 2.40. The number of unbranched alkanes of at least 4 members (excludes halogenated alkanes) is 42. The molecule has 768 valence electrons. The number of carbonyl (C=O) groups is 2. The second kappa shape index (κ2) is 63.4. The maximum absolute atomic E-state index is 17.5. The summed E-state index contributed by atoms with van der Waals surface area (Å²) >= 11 is 0. The van der Waals surface area contributed by atoms with Gasteiger partial charge in [-0.15, -0.1) is 0 Å². The Morgan fingerprint density at radius 3 is 0.619 bits per heavy atom. The van der Waals surface area contributed by atoms with Crippen LogP contribution in [0.5, 0.6) is 5.75 Å². The number of rotatable bonds is 72. The van der Waals surface area contributed by atoms with Gasteiger partial charge in [0.25, 0.3) is 0 Å². The third-order valence-electron chi connectivity index (χ3n) is 36.3. The minimum atomic E-state index is -5.18. The molecular weight excluding hydrogens is 1710 g/mol. The molecule has 0 N–H and O–H groups in total. The van der Waals surface area contributed by atoms with Crippen LogP contribution in [0.2, 0.25) is 0 Å². The zero-order valence-electron chi connectivity index (χ0n) is 87.3. The molecule has 0 unspecified atom stereocenters. The third kappa shape index (κ3) is 36.5. The maximum atomic E-state index is 17.5. The van der Waals surface area contributed by atoms with Crippen molar-refractivity contribution in [1.82, 2.24) is 0 Å². The molecule has 0 aliphatic heterocycles. The first-order valence-electron chi connectivity index (χ1n) is 58.8. The minimum absolute atomic E-state index is 0.0415. The Morgan fingerprint density at radius 2 is 0.440 bits per heavy atom. The number of alkyl halides is 6. The first-order valence-corrected chi connectivity index (χ1v) is 63.8. The van der Waals surface area contributed by atoms with E-state index >= 15 is 35.9 Å². The molecule has 9 rings (SSSR count). The zero-order valence-corrected chi connectivity index (χ0v) is 89.1. The summed E-state index contributed by atoms with van der Waals surface area (Å²) in [6.45, 7) is 4.37. The number of hydrogen-bond donors (Lipinski definition) is 0. The molecule has 6 aliphatic rings. The van der Waals surface area contributed by atoms with Gasteiger partial charge in [0.15, 0.2) is 0 Å². The number of carbonyl (C=O) groups excluding carboxylic acids is 2. The summed E-state index contributed by atoms with van der Waals surface area (Å²) in [5, 5.41) is 0. The van der Waals surface area contributed by atoms with Crippen molar-refractivity contribution < 1.29 is 49.5 Å². The molecule has 0 atom stereocenters. The van der Waals surface area contributed by atoms with Crippen LogP contribution < -0.4 is 4.65 Å². The summed E-state index contributed by atoms with van der Waals surface area (Å²) in [6.07, 6.45) is 78.9. The summed E-state index contributed by atoms with van der Waals surface area (Å²) in [6, 6.07) is 22.0. The zero-order chi connectivity index (χ0) is 95.3. The molecule has 0 saturated heterocycles. The normalized spacial score (nSPS) is 23.6. The van der Waals surface area contributed by atoms with Crippen LogP contribution in [0.4, 0.5) is 26.3 Å². The average molecular weight is 1910 g/mol. The van der Waals surface area contributed by atoms with Crippen LogP contribution in [0.25, 0.3) is 0 Å². The molecule has 0 bridgehead atoms. The van der Waals surface area contributed by atoms with Gasteiger partial charge in [0.1, 0.15) is 0 Å². The summed E-state index contributed by atoms with van der Waals surface area (Å²) in [7, 11) is -1.83. The van der Waals surface area contributed by atoms with Crippen LogP contribution in [0.1, 0.15) is 574 Å². The van der Waals surface area contributed by atoms with E-state index in [1.54, 1.807) is 0 Å². The molecule has 0 radical (unpaired) electrons. The number of benzene rings is 3. The molecule has 6 saturated carbocycles. The van der Waals surface area contributed by atoms with Gasteiger partial charge in [-0.2, -0.15) is 0 Å². The van der Waals surface area contributed by atoms with Crippen molar-refractivity contribution in [3.63, 3.8) is 0 Å². The van der Waals surface area contributed by atoms with Gasteiger partial charge in [0, 0.05) is 0 Å². The third-order valence-corrected chi connectivity index (χ3v) is 52.6. The van der Waals surface area contributed by atoms with Gasteiger partial charge in [-0.1, -0.05) is 80.1 Å². The molecule has 3 aromatic carbocycles. The Hall–Kier alpha value is -2.78. The van der Waals surface area contributed by atoms with Crippen molar-refractivity contribution in [1.29, 1.82) is 0 Å². The standard InChI is InChI=1S/C120H203BF6O5P2/c1-7-13-19-25-31-37-43-51-61-100-71-83-111(84-72-100)133(98-117(128)106-67-57-49-58-68-106,112-85-73-101(74-86-112)62-52-44-38-32-26-20-14-8-2,113-87-75-102(76-88-113)63-53-45-39-33-27-21-15-9-3)131-121(130-110-96-108(119(122,123)124)95-109(97-110)120(125,126)127)132-134(99-118(129)107-69-59-50-60-70-107,114-89-77-103(78-90-114)64-54-46-40-34-28-22-16-10-4,115-91-79-104(80-92-115)65-55-47-41-35-29-23-17-11-5)116-93-81-105(82-94-116)66-56-48-42-36-30-24-18-12-6/h49-50,57-60,67-70,95-97,100-105,111-116H,7-48,51-56,61-66,71-94,98-99H2,1-6H3. The van der Waals surface area contributed by atoms with E-state index in [4.69, 9.17) is 4.65 Å². The van der Waals surface area contributed by atoms with Crippen LogP contribution in [-0.2, 0) is 21.2 Å². The average Bonchev–Trinajstić information content (AvgIpc) is 0.682. The molecular formula is C120H203BF6O5P2. The number of halogens is 6. The van der Waals surface area contributed by atoms with Gasteiger partial charge in [-0.25, -0.2) is 0 Å². The number of ketones is 2. The van der Waals surface area contributed by atoms with Crippen molar-refractivity contribution >= 4 is 32.5 Å². The SMILES string of the molecule is CCCCCCCCCCC1CCC(P(CC(=O)c2ccccc2)(OB(Oc2cc(C(F)(F)F)cc(C(F)(F)F)c2)OP(CC(=O)c2ccccc2)(C2CCC(CCCCCCCCCC)CC2)(C2CCC(CCCCCCCCCC)CC2)C2CCC(CCCCCCCCCC)CC2)(C2CCC(CCCCCCCCCC)CC2)C2CCC(CCCCCCCCCC)CC2)CC1. The Kier molecular flexibility index (Phi) is 54.3. The van der Waals surface area contributed by atoms with Gasteiger partial charge in [-0.05, 0) is 0 Å². The molecule has 0 heterocycles. The van der Waals surface area contributed by atoms with Crippen LogP contribution in [0.15, 0.2) is 78.9 Å². The quantitative estimate of drug-likeness (QED) is 0.0185. The van der Waals surface area contributed by atoms with Gasteiger partial charge in [-0.3, -0.25) is 0 Å². The monoisotopic (exact) mass is 1910 g/mol.